The molecule has 1 heterocycles. The molecule has 0 saturated carbocycles. The molecule has 0 radical (unpaired) electrons. The largest absolute Gasteiger partial charge is 0.494 e. The Labute approximate surface area is 104 Å². The number of carbonyl (C=O) groups is 1. The molecule has 0 unspecified atom stereocenters. The first-order valence-electron chi connectivity index (χ1n) is 5.57. The fourth-order valence-corrected chi connectivity index (χ4v) is 1.73. The van der Waals surface area contributed by atoms with Crippen molar-refractivity contribution < 1.29 is 13.9 Å². The number of aromatic nitrogens is 2. The fourth-order valence-electron chi connectivity index (χ4n) is 1.73. The summed E-state index contributed by atoms with van der Waals surface area (Å²) in [4.78, 5) is 12.2. The second-order valence-electron chi connectivity index (χ2n) is 3.71. The molecule has 0 bridgehead atoms. The number of halogens is 1. The normalized spacial score (nSPS) is 10.4. The van der Waals surface area contributed by atoms with Crippen LogP contribution in [0.15, 0.2) is 30.5 Å². The molecule has 0 amide bonds. The molecule has 0 saturated heterocycles. The Morgan fingerprint density at radius 2 is 2.22 bits per heavy atom. The van der Waals surface area contributed by atoms with Crippen molar-refractivity contribution in [2.24, 2.45) is 0 Å². The third-order valence-corrected chi connectivity index (χ3v) is 2.66. The number of carbonyl (C=O) groups excluding carboxylic acids is 1. The lowest BCUT2D eigenvalue weighted by atomic mass is 10.1. The molecule has 18 heavy (non-hydrogen) atoms. The van der Waals surface area contributed by atoms with E-state index in [1.807, 2.05) is 6.92 Å². The second kappa shape index (κ2) is 5.00. The highest BCUT2D eigenvalue weighted by molar-refractivity contribution is 6.07. The molecule has 94 valence electrons. The average Bonchev–Trinajstić information content (AvgIpc) is 2.86. The zero-order chi connectivity index (χ0) is 13.1. The van der Waals surface area contributed by atoms with Crippen LogP contribution in [0.2, 0.25) is 0 Å². The van der Waals surface area contributed by atoms with Crippen molar-refractivity contribution in [3.63, 3.8) is 0 Å². The Morgan fingerprint density at radius 1 is 1.44 bits per heavy atom. The quantitative estimate of drug-likeness (QED) is 0.780. The van der Waals surface area contributed by atoms with Gasteiger partial charge in [-0.15, -0.1) is 0 Å². The van der Waals surface area contributed by atoms with Crippen LogP contribution in [0.3, 0.4) is 0 Å². The van der Waals surface area contributed by atoms with Gasteiger partial charge in [0, 0.05) is 18.3 Å². The van der Waals surface area contributed by atoms with Crippen LogP contribution >= 0.6 is 0 Å². The lowest BCUT2D eigenvalue weighted by molar-refractivity contribution is 0.102. The van der Waals surface area contributed by atoms with Crippen LogP contribution in [-0.2, 0) is 6.54 Å². The lowest BCUT2D eigenvalue weighted by Crippen LogP contribution is -2.10. The molecule has 2 rings (SSSR count). The van der Waals surface area contributed by atoms with Crippen LogP contribution in [0.25, 0.3) is 0 Å². The molecule has 1 aromatic heterocycles. The van der Waals surface area contributed by atoms with Crippen LogP contribution in [0.5, 0.6) is 5.75 Å². The number of benzene rings is 1. The van der Waals surface area contributed by atoms with E-state index in [0.29, 0.717) is 12.2 Å². The van der Waals surface area contributed by atoms with Gasteiger partial charge in [0.05, 0.1) is 7.11 Å². The van der Waals surface area contributed by atoms with Gasteiger partial charge in [0.2, 0.25) is 5.78 Å². The topological polar surface area (TPSA) is 44.1 Å². The molecular weight excluding hydrogens is 235 g/mol. The summed E-state index contributed by atoms with van der Waals surface area (Å²) in [5.41, 5.74) is 0.727. The first kappa shape index (κ1) is 12.3. The summed E-state index contributed by atoms with van der Waals surface area (Å²) in [5, 5.41) is 4.01. The number of hydrogen-bond acceptors (Lipinski definition) is 3. The Bertz CT molecular complexity index is 578. The molecule has 0 spiro atoms. The minimum absolute atomic E-state index is 0.121. The van der Waals surface area contributed by atoms with E-state index >= 15 is 0 Å². The highest BCUT2D eigenvalue weighted by Gasteiger charge is 2.15. The van der Waals surface area contributed by atoms with Crippen LogP contribution in [-0.4, -0.2) is 22.7 Å². The van der Waals surface area contributed by atoms with E-state index in [1.165, 1.54) is 25.3 Å². The Balaban J connectivity index is 2.37. The first-order valence-corrected chi connectivity index (χ1v) is 5.57. The number of ether oxygens (including phenoxy) is 1. The number of hydrogen-bond donors (Lipinski definition) is 0. The lowest BCUT2D eigenvalue weighted by Gasteiger charge is -2.06. The van der Waals surface area contributed by atoms with Crippen molar-refractivity contribution in [2.45, 2.75) is 13.5 Å². The van der Waals surface area contributed by atoms with E-state index < -0.39 is 5.82 Å². The van der Waals surface area contributed by atoms with Gasteiger partial charge in [0.15, 0.2) is 11.6 Å². The molecule has 0 aliphatic heterocycles. The minimum Gasteiger partial charge on any atom is -0.494 e. The highest BCUT2D eigenvalue weighted by atomic mass is 19.1. The zero-order valence-corrected chi connectivity index (χ0v) is 10.2. The van der Waals surface area contributed by atoms with Crippen molar-refractivity contribution in [2.75, 3.05) is 7.11 Å². The number of methoxy groups -OCH3 is 1. The first-order chi connectivity index (χ1) is 8.67. The summed E-state index contributed by atoms with van der Waals surface area (Å²) in [7, 11) is 1.38. The summed E-state index contributed by atoms with van der Waals surface area (Å²) in [6.07, 6.45) is 1.55. The van der Waals surface area contributed by atoms with Gasteiger partial charge >= 0.3 is 0 Å². The summed E-state index contributed by atoms with van der Waals surface area (Å²) in [6.45, 7) is 2.48. The molecule has 0 N–H and O–H groups in total. The van der Waals surface area contributed by atoms with Crippen LogP contribution < -0.4 is 4.74 Å². The predicted octanol–water partition coefficient (Wildman–Crippen LogP) is 2.28. The molecule has 5 heteroatoms. The van der Waals surface area contributed by atoms with Gasteiger partial charge in [0.1, 0.15) is 5.69 Å². The third-order valence-electron chi connectivity index (χ3n) is 2.66. The van der Waals surface area contributed by atoms with Crippen molar-refractivity contribution in [3.8, 4) is 5.75 Å². The predicted molar refractivity (Wildman–Crippen MR) is 64.3 cm³/mol. The Kier molecular flexibility index (Phi) is 3.41. The zero-order valence-electron chi connectivity index (χ0n) is 10.2. The number of rotatable bonds is 4. The molecule has 0 aliphatic carbocycles. The highest BCUT2D eigenvalue weighted by Crippen LogP contribution is 2.19. The van der Waals surface area contributed by atoms with Gasteiger partial charge in [-0.1, -0.05) is 0 Å². The van der Waals surface area contributed by atoms with Gasteiger partial charge in [-0.2, -0.15) is 5.10 Å². The van der Waals surface area contributed by atoms with Crippen LogP contribution in [0.4, 0.5) is 4.39 Å². The number of ketones is 1. The van der Waals surface area contributed by atoms with E-state index in [-0.39, 0.29) is 17.1 Å². The van der Waals surface area contributed by atoms with Crippen molar-refractivity contribution in [1.29, 1.82) is 0 Å². The van der Waals surface area contributed by atoms with Gasteiger partial charge in [-0.05, 0) is 31.2 Å². The van der Waals surface area contributed by atoms with E-state index in [9.17, 15) is 9.18 Å². The molecule has 2 aromatic rings. The monoisotopic (exact) mass is 248 g/mol. The van der Waals surface area contributed by atoms with Crippen molar-refractivity contribution >= 4 is 5.78 Å². The maximum absolute atomic E-state index is 13.5. The van der Waals surface area contributed by atoms with Crippen LogP contribution in [0.1, 0.15) is 23.0 Å². The standard InChI is InChI=1S/C13H13FN2O2/c1-3-16-11(6-7-15-16)13(17)9-4-5-12(18-2)10(14)8-9/h4-8H,3H2,1-2H3. The Hall–Kier alpha value is -2.17. The smallest absolute Gasteiger partial charge is 0.211 e. The van der Waals surface area contributed by atoms with Crippen molar-refractivity contribution in [1.82, 2.24) is 9.78 Å². The molecule has 0 atom stereocenters. The number of aryl methyl sites for hydroxylation is 1. The fraction of sp³-hybridized carbons (Fsp3) is 0.231. The van der Waals surface area contributed by atoms with E-state index in [4.69, 9.17) is 4.74 Å². The van der Waals surface area contributed by atoms with Gasteiger partial charge in [0.25, 0.3) is 0 Å². The van der Waals surface area contributed by atoms with E-state index in [0.717, 1.165) is 0 Å². The number of nitrogens with zero attached hydrogens (tertiary/aromatic N) is 2. The molecular formula is C13H13FN2O2. The summed E-state index contributed by atoms with van der Waals surface area (Å²) in [5.74, 6) is -0.683. The maximum Gasteiger partial charge on any atom is 0.211 e. The van der Waals surface area contributed by atoms with Gasteiger partial charge < -0.3 is 4.74 Å². The summed E-state index contributed by atoms with van der Waals surface area (Å²) in [6, 6.07) is 5.77. The van der Waals surface area contributed by atoms with Crippen molar-refractivity contribution in [3.05, 3.63) is 47.5 Å². The van der Waals surface area contributed by atoms with Crippen LogP contribution in [0, 0.1) is 5.82 Å². The SMILES string of the molecule is CCn1nccc1C(=O)c1ccc(OC)c(F)c1. The summed E-state index contributed by atoms with van der Waals surface area (Å²) < 4.78 is 19.9. The molecule has 0 fully saturated rings. The molecule has 0 aliphatic rings. The third kappa shape index (κ3) is 2.11. The van der Waals surface area contributed by atoms with Gasteiger partial charge in [-0.25, -0.2) is 4.39 Å². The molecule has 1 aromatic carbocycles. The van der Waals surface area contributed by atoms with Gasteiger partial charge in [-0.3, -0.25) is 9.48 Å². The summed E-state index contributed by atoms with van der Waals surface area (Å²) >= 11 is 0. The van der Waals surface area contributed by atoms with E-state index in [1.54, 1.807) is 16.9 Å². The minimum atomic E-state index is -0.550. The van der Waals surface area contributed by atoms with E-state index in [2.05, 4.69) is 5.10 Å². The maximum atomic E-state index is 13.5. The average molecular weight is 248 g/mol. The Morgan fingerprint density at radius 3 is 2.83 bits per heavy atom. The molecule has 4 nitrogen and oxygen atoms in total. The second-order valence-corrected chi connectivity index (χ2v) is 3.71.